The van der Waals surface area contributed by atoms with Crippen LogP contribution >= 0.6 is 11.6 Å². The average molecular weight is 403 g/mol. The van der Waals surface area contributed by atoms with Crippen molar-refractivity contribution in [1.29, 1.82) is 0 Å². The van der Waals surface area contributed by atoms with E-state index in [-0.39, 0.29) is 6.04 Å². The van der Waals surface area contributed by atoms with Gasteiger partial charge < -0.3 is 0 Å². The fourth-order valence-corrected chi connectivity index (χ4v) is 4.13. The van der Waals surface area contributed by atoms with E-state index in [2.05, 4.69) is 94.7 Å². The van der Waals surface area contributed by atoms with E-state index in [1.807, 2.05) is 12.1 Å². The van der Waals surface area contributed by atoms with Crippen molar-refractivity contribution < 1.29 is 0 Å². The highest BCUT2D eigenvalue weighted by molar-refractivity contribution is 6.30. The molecule has 1 saturated heterocycles. The number of piperazine rings is 1. The second-order valence-electron chi connectivity index (χ2n) is 7.51. The van der Waals surface area contributed by atoms with Crippen molar-refractivity contribution >= 4 is 17.7 Å². The molecule has 0 bridgehead atoms. The first kappa shape index (κ1) is 19.9. The highest BCUT2D eigenvalue weighted by Gasteiger charge is 2.25. The highest BCUT2D eigenvalue weighted by Crippen LogP contribution is 2.30. The summed E-state index contributed by atoms with van der Waals surface area (Å²) in [7, 11) is 0. The molecule has 4 rings (SSSR count). The Bertz CT molecular complexity index is 898. The Morgan fingerprint density at radius 2 is 1.31 bits per heavy atom. The van der Waals surface area contributed by atoms with E-state index in [0.717, 1.165) is 37.7 Å². The van der Waals surface area contributed by atoms with Gasteiger partial charge >= 0.3 is 0 Å². The monoisotopic (exact) mass is 402 g/mol. The molecule has 0 amide bonds. The van der Waals surface area contributed by atoms with Gasteiger partial charge in [0.15, 0.2) is 0 Å². The minimum Gasteiger partial charge on any atom is -0.297 e. The van der Waals surface area contributed by atoms with Gasteiger partial charge in [0.05, 0.1) is 6.04 Å². The lowest BCUT2D eigenvalue weighted by atomic mass is 9.96. The zero-order chi connectivity index (χ0) is 19.9. The standard InChI is InChI=1S/C26H27ClN2/c27-25-15-13-24(14-16-25)26(23-11-5-2-6-12-23)29-20-18-28(19-21-29)17-7-10-22-8-3-1-4-9-22/h1-16,26H,17-21H2/b10-7-/t26-/m0/s1. The Kier molecular flexibility index (Phi) is 6.79. The molecule has 148 valence electrons. The molecule has 0 unspecified atom stereocenters. The Morgan fingerprint density at radius 1 is 0.724 bits per heavy atom. The smallest absolute Gasteiger partial charge is 0.0602 e. The van der Waals surface area contributed by atoms with E-state index in [1.54, 1.807) is 0 Å². The van der Waals surface area contributed by atoms with Gasteiger partial charge in [-0.15, -0.1) is 0 Å². The van der Waals surface area contributed by atoms with Gasteiger partial charge in [0, 0.05) is 37.7 Å². The van der Waals surface area contributed by atoms with E-state index in [0.29, 0.717) is 0 Å². The first-order chi connectivity index (χ1) is 14.3. The lowest BCUT2D eigenvalue weighted by Crippen LogP contribution is -2.47. The van der Waals surface area contributed by atoms with Gasteiger partial charge in [0.1, 0.15) is 0 Å². The van der Waals surface area contributed by atoms with Gasteiger partial charge in [-0.1, -0.05) is 96.5 Å². The molecular formula is C26H27ClN2. The summed E-state index contributed by atoms with van der Waals surface area (Å²) in [6.07, 6.45) is 4.49. The van der Waals surface area contributed by atoms with E-state index < -0.39 is 0 Å². The number of nitrogens with zero attached hydrogens (tertiary/aromatic N) is 2. The van der Waals surface area contributed by atoms with Crippen LogP contribution in [0.4, 0.5) is 0 Å². The minimum atomic E-state index is 0.274. The molecule has 2 nitrogen and oxygen atoms in total. The molecule has 29 heavy (non-hydrogen) atoms. The molecule has 1 heterocycles. The molecule has 1 aliphatic heterocycles. The predicted octanol–water partition coefficient (Wildman–Crippen LogP) is 5.76. The summed E-state index contributed by atoms with van der Waals surface area (Å²) in [5, 5.41) is 0.788. The number of rotatable bonds is 6. The summed E-state index contributed by atoms with van der Waals surface area (Å²) in [6.45, 7) is 5.27. The van der Waals surface area contributed by atoms with Gasteiger partial charge in [-0.2, -0.15) is 0 Å². The van der Waals surface area contributed by atoms with Crippen molar-refractivity contribution in [2.45, 2.75) is 6.04 Å². The Balaban J connectivity index is 1.41. The zero-order valence-electron chi connectivity index (χ0n) is 16.6. The van der Waals surface area contributed by atoms with Crippen LogP contribution in [-0.2, 0) is 0 Å². The lowest BCUT2D eigenvalue weighted by Gasteiger charge is -2.39. The number of halogens is 1. The average Bonchev–Trinajstić information content (AvgIpc) is 2.78. The van der Waals surface area contributed by atoms with Crippen molar-refractivity contribution in [2.75, 3.05) is 32.7 Å². The third kappa shape index (κ3) is 5.36. The Morgan fingerprint density at radius 3 is 1.97 bits per heavy atom. The predicted molar refractivity (Wildman–Crippen MR) is 123 cm³/mol. The van der Waals surface area contributed by atoms with Crippen molar-refractivity contribution in [3.8, 4) is 0 Å². The van der Waals surface area contributed by atoms with Crippen LogP contribution in [0.2, 0.25) is 5.02 Å². The molecule has 0 aliphatic carbocycles. The van der Waals surface area contributed by atoms with Crippen LogP contribution in [0, 0.1) is 0 Å². The molecule has 0 N–H and O–H groups in total. The molecule has 0 spiro atoms. The fraction of sp³-hybridized carbons (Fsp3) is 0.231. The first-order valence-corrected chi connectivity index (χ1v) is 10.7. The fourth-order valence-electron chi connectivity index (χ4n) is 4.00. The van der Waals surface area contributed by atoms with Crippen molar-refractivity contribution in [3.63, 3.8) is 0 Å². The van der Waals surface area contributed by atoms with Crippen LogP contribution in [0.15, 0.2) is 91.0 Å². The maximum atomic E-state index is 6.13. The molecule has 0 radical (unpaired) electrons. The van der Waals surface area contributed by atoms with Crippen molar-refractivity contribution in [1.82, 2.24) is 9.80 Å². The normalized spacial score (nSPS) is 16.9. The minimum absolute atomic E-state index is 0.274. The molecule has 3 aromatic carbocycles. The molecule has 3 heteroatoms. The quantitative estimate of drug-likeness (QED) is 0.517. The summed E-state index contributed by atoms with van der Waals surface area (Å²) in [6, 6.07) is 29.9. The van der Waals surface area contributed by atoms with Gasteiger partial charge in [0.2, 0.25) is 0 Å². The summed E-state index contributed by atoms with van der Waals surface area (Å²) in [4.78, 5) is 5.12. The van der Waals surface area contributed by atoms with E-state index >= 15 is 0 Å². The SMILES string of the molecule is Clc1ccc([C@H](c2ccccc2)N2CCN(C/C=C\c3ccccc3)CC2)cc1. The van der Waals surface area contributed by atoms with E-state index in [4.69, 9.17) is 11.6 Å². The summed E-state index contributed by atoms with van der Waals surface area (Å²) >= 11 is 6.13. The lowest BCUT2D eigenvalue weighted by molar-refractivity contribution is 0.118. The second-order valence-corrected chi connectivity index (χ2v) is 7.95. The highest BCUT2D eigenvalue weighted by atomic mass is 35.5. The molecule has 1 atom stereocenters. The molecule has 3 aromatic rings. The van der Waals surface area contributed by atoms with E-state index in [1.165, 1.54) is 16.7 Å². The molecule has 0 saturated carbocycles. The van der Waals surface area contributed by atoms with Crippen LogP contribution in [-0.4, -0.2) is 42.5 Å². The Labute approximate surface area is 179 Å². The van der Waals surface area contributed by atoms with Gasteiger partial charge in [-0.25, -0.2) is 0 Å². The third-order valence-corrected chi connectivity index (χ3v) is 5.80. The number of hydrogen-bond acceptors (Lipinski definition) is 2. The molecule has 1 fully saturated rings. The zero-order valence-corrected chi connectivity index (χ0v) is 17.4. The second kappa shape index (κ2) is 9.89. The third-order valence-electron chi connectivity index (χ3n) is 5.55. The summed E-state index contributed by atoms with van der Waals surface area (Å²) in [5.74, 6) is 0. The molecule has 1 aliphatic rings. The van der Waals surface area contributed by atoms with Crippen molar-refractivity contribution in [3.05, 3.63) is 113 Å². The first-order valence-electron chi connectivity index (χ1n) is 10.3. The Hall–Kier alpha value is -2.39. The molecule has 0 aromatic heterocycles. The van der Waals surface area contributed by atoms with Gasteiger partial charge in [0.25, 0.3) is 0 Å². The van der Waals surface area contributed by atoms with Crippen molar-refractivity contribution in [2.24, 2.45) is 0 Å². The van der Waals surface area contributed by atoms with Crippen LogP contribution < -0.4 is 0 Å². The molecular weight excluding hydrogens is 376 g/mol. The van der Waals surface area contributed by atoms with Crippen LogP contribution in [0.1, 0.15) is 22.7 Å². The largest absolute Gasteiger partial charge is 0.297 e. The van der Waals surface area contributed by atoms with Gasteiger partial charge in [-0.3, -0.25) is 9.80 Å². The van der Waals surface area contributed by atoms with Gasteiger partial charge in [-0.05, 0) is 28.8 Å². The summed E-state index contributed by atoms with van der Waals surface area (Å²) in [5.41, 5.74) is 3.91. The number of hydrogen-bond donors (Lipinski definition) is 0. The summed E-state index contributed by atoms with van der Waals surface area (Å²) < 4.78 is 0. The number of benzene rings is 3. The van der Waals surface area contributed by atoms with Crippen LogP contribution in [0.5, 0.6) is 0 Å². The topological polar surface area (TPSA) is 6.48 Å². The van der Waals surface area contributed by atoms with Crippen LogP contribution in [0.25, 0.3) is 6.08 Å². The van der Waals surface area contributed by atoms with E-state index in [9.17, 15) is 0 Å². The maximum Gasteiger partial charge on any atom is 0.0602 e. The van der Waals surface area contributed by atoms with Crippen LogP contribution in [0.3, 0.4) is 0 Å². The maximum absolute atomic E-state index is 6.13.